The van der Waals surface area contributed by atoms with E-state index in [1.165, 1.54) is 38.8 Å². The molecule has 0 amide bonds. The number of benzene rings is 1. The highest BCUT2D eigenvalue weighted by Crippen LogP contribution is 2.26. The maximum Gasteiger partial charge on any atom is 0.191 e. The summed E-state index contributed by atoms with van der Waals surface area (Å²) in [5.74, 6) is 0.796. The second-order valence-corrected chi connectivity index (χ2v) is 8.12. The van der Waals surface area contributed by atoms with E-state index in [2.05, 4.69) is 27.4 Å². The molecule has 0 spiro atoms. The highest BCUT2D eigenvalue weighted by molar-refractivity contribution is 14.0. The molecule has 1 unspecified atom stereocenters. The van der Waals surface area contributed by atoms with Gasteiger partial charge in [-0.25, -0.2) is 0 Å². The van der Waals surface area contributed by atoms with Crippen LogP contribution in [0, 0.1) is 0 Å². The Labute approximate surface area is 191 Å². The Balaban J connectivity index is 0.00000280. The molecule has 5 nitrogen and oxygen atoms in total. The van der Waals surface area contributed by atoms with Crippen molar-refractivity contribution in [2.24, 2.45) is 4.99 Å². The van der Waals surface area contributed by atoms with Crippen LogP contribution in [0.3, 0.4) is 0 Å². The standard InChI is InChI=1S/C21H33ClN4O.HI/c1-2-23-21(24-15-20(27)16-7-9-17(22)10-8-16)25-18-11-13-26(14-12-18)19-5-3-4-6-19;/h7-10,18-20,27H,2-6,11-15H2,1H3,(H2,23,24,25);1H. The summed E-state index contributed by atoms with van der Waals surface area (Å²) >= 11 is 5.91. The fourth-order valence-electron chi connectivity index (χ4n) is 4.16. The lowest BCUT2D eigenvalue weighted by Gasteiger charge is -2.36. The van der Waals surface area contributed by atoms with Gasteiger partial charge < -0.3 is 20.6 Å². The van der Waals surface area contributed by atoms with Crippen molar-refractivity contribution < 1.29 is 5.11 Å². The summed E-state index contributed by atoms with van der Waals surface area (Å²) in [6.45, 7) is 5.56. The molecular formula is C21H34ClIN4O. The van der Waals surface area contributed by atoms with E-state index < -0.39 is 6.10 Å². The lowest BCUT2D eigenvalue weighted by molar-refractivity contribution is 0.150. The van der Waals surface area contributed by atoms with E-state index in [-0.39, 0.29) is 24.0 Å². The van der Waals surface area contributed by atoms with Crippen LogP contribution in [0.25, 0.3) is 0 Å². The van der Waals surface area contributed by atoms with Gasteiger partial charge in [-0.2, -0.15) is 0 Å². The molecule has 1 aliphatic carbocycles. The van der Waals surface area contributed by atoms with Gasteiger partial charge in [-0.3, -0.25) is 4.99 Å². The molecule has 2 fully saturated rings. The second-order valence-electron chi connectivity index (χ2n) is 7.68. The third kappa shape index (κ3) is 7.04. The van der Waals surface area contributed by atoms with E-state index in [0.717, 1.165) is 37.0 Å². The molecule has 2 aliphatic rings. The number of aliphatic hydroxyl groups excluding tert-OH is 1. The number of halogens is 2. The van der Waals surface area contributed by atoms with Crippen LogP contribution in [0.2, 0.25) is 5.02 Å². The van der Waals surface area contributed by atoms with Gasteiger partial charge in [-0.05, 0) is 50.3 Å². The van der Waals surface area contributed by atoms with Crippen molar-refractivity contribution in [2.45, 2.75) is 63.6 Å². The van der Waals surface area contributed by atoms with Crippen LogP contribution < -0.4 is 10.6 Å². The smallest absolute Gasteiger partial charge is 0.191 e. The number of hydrogen-bond donors (Lipinski definition) is 3. The highest BCUT2D eigenvalue weighted by Gasteiger charge is 2.27. The van der Waals surface area contributed by atoms with Crippen molar-refractivity contribution in [3.63, 3.8) is 0 Å². The number of aliphatic hydroxyl groups is 1. The molecule has 3 rings (SSSR count). The summed E-state index contributed by atoms with van der Waals surface area (Å²) in [5.41, 5.74) is 0.837. The van der Waals surface area contributed by atoms with Gasteiger partial charge in [0.05, 0.1) is 12.6 Å². The summed E-state index contributed by atoms with van der Waals surface area (Å²) in [6.07, 6.45) is 7.24. The molecule has 1 saturated heterocycles. The lowest BCUT2D eigenvalue weighted by Crippen LogP contribution is -2.50. The first-order valence-electron chi connectivity index (χ1n) is 10.4. The first-order chi connectivity index (χ1) is 13.2. The maximum atomic E-state index is 10.4. The number of nitrogens with one attached hydrogen (secondary N) is 2. The van der Waals surface area contributed by atoms with Gasteiger partial charge in [0.2, 0.25) is 0 Å². The summed E-state index contributed by atoms with van der Waals surface area (Å²) in [7, 11) is 0. The van der Waals surface area contributed by atoms with Gasteiger partial charge >= 0.3 is 0 Å². The fourth-order valence-corrected chi connectivity index (χ4v) is 4.29. The topological polar surface area (TPSA) is 59.9 Å². The molecule has 1 saturated carbocycles. The molecule has 158 valence electrons. The quantitative estimate of drug-likeness (QED) is 0.302. The molecule has 28 heavy (non-hydrogen) atoms. The van der Waals surface area contributed by atoms with Gasteiger partial charge in [0.1, 0.15) is 0 Å². The third-order valence-electron chi connectivity index (χ3n) is 5.73. The molecule has 1 aliphatic heterocycles. The van der Waals surface area contributed by atoms with Crippen LogP contribution in [-0.2, 0) is 0 Å². The van der Waals surface area contributed by atoms with Crippen LogP contribution in [0.4, 0.5) is 0 Å². The minimum absolute atomic E-state index is 0. The Morgan fingerprint density at radius 3 is 2.43 bits per heavy atom. The van der Waals surface area contributed by atoms with Crippen molar-refractivity contribution >= 4 is 41.5 Å². The first kappa shape index (κ1) is 23.7. The van der Waals surface area contributed by atoms with Crippen LogP contribution in [-0.4, -0.2) is 54.2 Å². The molecule has 1 atom stereocenters. The van der Waals surface area contributed by atoms with Gasteiger partial charge in [0.25, 0.3) is 0 Å². The molecule has 0 aromatic heterocycles. The maximum absolute atomic E-state index is 10.4. The Bertz CT molecular complexity index is 599. The zero-order valence-electron chi connectivity index (χ0n) is 16.7. The predicted molar refractivity (Wildman–Crippen MR) is 128 cm³/mol. The third-order valence-corrected chi connectivity index (χ3v) is 5.98. The molecule has 3 N–H and O–H groups in total. The molecule has 0 radical (unpaired) electrons. The number of guanidine groups is 1. The summed E-state index contributed by atoms with van der Waals surface area (Å²) in [6, 6.07) is 8.57. The Morgan fingerprint density at radius 2 is 1.82 bits per heavy atom. The van der Waals surface area contributed by atoms with Gasteiger partial charge in [0.15, 0.2) is 5.96 Å². The SMILES string of the molecule is CCNC(=NCC(O)c1ccc(Cl)cc1)NC1CCN(C2CCCC2)CC1.I. The van der Waals surface area contributed by atoms with Gasteiger partial charge in [0, 0.05) is 36.7 Å². The zero-order chi connectivity index (χ0) is 19.1. The molecule has 0 bridgehead atoms. The van der Waals surface area contributed by atoms with E-state index in [4.69, 9.17) is 11.6 Å². The van der Waals surface area contributed by atoms with Gasteiger partial charge in [-0.15, -0.1) is 24.0 Å². The molecule has 7 heteroatoms. The second kappa shape index (κ2) is 12.2. The van der Waals surface area contributed by atoms with Crippen LogP contribution in [0.5, 0.6) is 0 Å². The monoisotopic (exact) mass is 520 g/mol. The van der Waals surface area contributed by atoms with E-state index >= 15 is 0 Å². The van der Waals surface area contributed by atoms with Crippen LogP contribution in [0.1, 0.15) is 57.1 Å². The van der Waals surface area contributed by atoms with E-state index in [0.29, 0.717) is 17.6 Å². The Morgan fingerprint density at radius 1 is 1.18 bits per heavy atom. The first-order valence-corrected chi connectivity index (χ1v) is 10.8. The molecule has 1 aromatic carbocycles. The number of hydrogen-bond acceptors (Lipinski definition) is 3. The summed E-state index contributed by atoms with van der Waals surface area (Å²) in [4.78, 5) is 7.28. The fraction of sp³-hybridized carbons (Fsp3) is 0.667. The van der Waals surface area contributed by atoms with Crippen molar-refractivity contribution in [2.75, 3.05) is 26.2 Å². The normalized spacial score (nSPS) is 20.6. The van der Waals surface area contributed by atoms with E-state index in [9.17, 15) is 5.11 Å². The predicted octanol–water partition coefficient (Wildman–Crippen LogP) is 3.95. The average molecular weight is 521 g/mol. The van der Waals surface area contributed by atoms with Crippen molar-refractivity contribution in [3.8, 4) is 0 Å². The summed E-state index contributed by atoms with van der Waals surface area (Å²) < 4.78 is 0. The Hall–Kier alpha value is -0.570. The largest absolute Gasteiger partial charge is 0.386 e. The van der Waals surface area contributed by atoms with E-state index in [1.807, 2.05) is 12.1 Å². The van der Waals surface area contributed by atoms with Crippen LogP contribution in [0.15, 0.2) is 29.3 Å². The van der Waals surface area contributed by atoms with Gasteiger partial charge in [-0.1, -0.05) is 36.6 Å². The van der Waals surface area contributed by atoms with Crippen molar-refractivity contribution in [1.29, 1.82) is 0 Å². The number of nitrogens with zero attached hydrogens (tertiary/aromatic N) is 2. The summed E-state index contributed by atoms with van der Waals surface area (Å²) in [5, 5.41) is 17.9. The molecule has 1 aromatic rings. The van der Waals surface area contributed by atoms with E-state index in [1.54, 1.807) is 12.1 Å². The minimum atomic E-state index is -0.623. The lowest BCUT2D eigenvalue weighted by atomic mass is 10.0. The van der Waals surface area contributed by atoms with Crippen molar-refractivity contribution in [1.82, 2.24) is 15.5 Å². The Kier molecular flexibility index (Phi) is 10.3. The molecular weight excluding hydrogens is 487 g/mol. The van der Waals surface area contributed by atoms with Crippen molar-refractivity contribution in [3.05, 3.63) is 34.9 Å². The zero-order valence-corrected chi connectivity index (χ0v) is 19.8. The number of rotatable bonds is 6. The highest BCUT2D eigenvalue weighted by atomic mass is 127. The van der Waals surface area contributed by atoms with Crippen LogP contribution >= 0.6 is 35.6 Å². The minimum Gasteiger partial charge on any atom is -0.386 e. The number of likely N-dealkylation sites (tertiary alicyclic amines) is 1. The molecule has 1 heterocycles. The average Bonchev–Trinajstić information content (AvgIpc) is 3.22. The number of piperidine rings is 1. The number of aliphatic imine (C=N–C) groups is 1.